The van der Waals surface area contributed by atoms with E-state index in [9.17, 15) is 10.1 Å². The molecule has 0 spiro atoms. The summed E-state index contributed by atoms with van der Waals surface area (Å²) in [6, 6.07) is 4.52. The van der Waals surface area contributed by atoms with E-state index in [0.29, 0.717) is 5.02 Å². The minimum absolute atomic E-state index is 0.0841. The van der Waals surface area contributed by atoms with Crippen molar-refractivity contribution >= 4 is 17.3 Å². The smallest absolute Gasteiger partial charge is 0.311 e. The quantitative estimate of drug-likeness (QED) is 0.619. The van der Waals surface area contributed by atoms with Gasteiger partial charge in [0.2, 0.25) is 0 Å². The van der Waals surface area contributed by atoms with Gasteiger partial charge >= 0.3 is 5.69 Å². The summed E-state index contributed by atoms with van der Waals surface area (Å²) < 4.78 is 11.2. The molecule has 0 radical (unpaired) electrons. The molecule has 0 saturated heterocycles. The second kappa shape index (κ2) is 7.06. The van der Waals surface area contributed by atoms with Crippen LogP contribution in [-0.4, -0.2) is 36.8 Å². The molecule has 0 bridgehead atoms. The highest BCUT2D eigenvalue weighted by Gasteiger charge is 2.43. The Bertz CT molecular complexity index is 512. The van der Waals surface area contributed by atoms with E-state index in [4.69, 9.17) is 21.1 Å². The molecule has 21 heavy (non-hydrogen) atoms. The largest absolute Gasteiger partial charge is 0.481 e. The Labute approximate surface area is 128 Å². The molecule has 0 amide bonds. The Hall–Kier alpha value is -1.37. The monoisotopic (exact) mass is 314 g/mol. The van der Waals surface area contributed by atoms with E-state index >= 15 is 0 Å². The molecule has 7 heteroatoms. The van der Waals surface area contributed by atoms with Crippen molar-refractivity contribution < 1.29 is 14.4 Å². The molecule has 1 N–H and O–H groups in total. The molecule has 2 rings (SSSR count). The molecule has 1 aromatic carbocycles. The molecule has 6 nitrogen and oxygen atoms in total. The highest BCUT2D eigenvalue weighted by molar-refractivity contribution is 6.30. The molecule has 1 fully saturated rings. The van der Waals surface area contributed by atoms with Crippen molar-refractivity contribution in [2.24, 2.45) is 0 Å². The number of nitrogens with one attached hydrogen (secondary N) is 1. The van der Waals surface area contributed by atoms with E-state index in [0.717, 1.165) is 19.4 Å². The number of ether oxygens (including phenoxy) is 2. The molecule has 3 unspecified atom stereocenters. The van der Waals surface area contributed by atoms with Crippen LogP contribution in [0.15, 0.2) is 18.2 Å². The lowest BCUT2D eigenvalue weighted by molar-refractivity contribution is -0.386. The summed E-state index contributed by atoms with van der Waals surface area (Å²) in [4.78, 5) is 10.5. The summed E-state index contributed by atoms with van der Waals surface area (Å²) in [5, 5.41) is 14.8. The van der Waals surface area contributed by atoms with Crippen molar-refractivity contribution in [3.05, 3.63) is 33.3 Å². The number of benzene rings is 1. The van der Waals surface area contributed by atoms with Gasteiger partial charge in [-0.05, 0) is 19.0 Å². The number of halogens is 1. The summed E-state index contributed by atoms with van der Waals surface area (Å²) in [6.07, 6.45) is 1.47. The number of methoxy groups -OCH3 is 1. The van der Waals surface area contributed by atoms with Gasteiger partial charge in [0, 0.05) is 36.7 Å². The van der Waals surface area contributed by atoms with Crippen LogP contribution >= 0.6 is 11.6 Å². The van der Waals surface area contributed by atoms with Crippen molar-refractivity contribution in [3.63, 3.8) is 0 Å². The van der Waals surface area contributed by atoms with Gasteiger partial charge in [0.25, 0.3) is 0 Å². The Balaban J connectivity index is 2.05. The second-order valence-electron chi connectivity index (χ2n) is 5.02. The third-order valence-electron chi connectivity index (χ3n) is 3.57. The average Bonchev–Trinajstić information content (AvgIpc) is 2.42. The third kappa shape index (κ3) is 3.64. The standard InChI is InChI=1S/C14H19ClN2O4/c1-3-6-16-10-8-13(14(10)20-2)21-12-7-9(15)4-5-11(12)17(18)19/h4-5,7,10,13-14,16H,3,6,8H2,1-2H3. The maximum atomic E-state index is 11.0. The van der Waals surface area contributed by atoms with Crippen LogP contribution in [0.5, 0.6) is 5.75 Å². The number of hydrogen-bond acceptors (Lipinski definition) is 5. The first-order valence-electron chi connectivity index (χ1n) is 6.93. The van der Waals surface area contributed by atoms with E-state index in [1.54, 1.807) is 7.11 Å². The Morgan fingerprint density at radius 1 is 1.52 bits per heavy atom. The fourth-order valence-corrected chi connectivity index (χ4v) is 2.60. The van der Waals surface area contributed by atoms with E-state index in [1.807, 2.05) is 0 Å². The molecule has 3 atom stereocenters. The van der Waals surface area contributed by atoms with Crippen molar-refractivity contribution in [1.29, 1.82) is 0 Å². The van der Waals surface area contributed by atoms with E-state index in [2.05, 4.69) is 12.2 Å². The summed E-state index contributed by atoms with van der Waals surface area (Å²) in [5.41, 5.74) is -0.0841. The predicted octanol–water partition coefficient (Wildman–Crippen LogP) is 2.78. The molecule has 0 aromatic heterocycles. The van der Waals surface area contributed by atoms with Gasteiger partial charge in [0.1, 0.15) is 12.2 Å². The van der Waals surface area contributed by atoms with Gasteiger partial charge in [-0.3, -0.25) is 10.1 Å². The van der Waals surface area contributed by atoms with E-state index < -0.39 is 4.92 Å². The fourth-order valence-electron chi connectivity index (χ4n) is 2.44. The summed E-state index contributed by atoms with van der Waals surface area (Å²) in [6.45, 7) is 3.01. The molecule has 116 valence electrons. The van der Waals surface area contributed by atoms with Gasteiger partial charge in [-0.25, -0.2) is 0 Å². The molecule has 0 heterocycles. The lowest BCUT2D eigenvalue weighted by Gasteiger charge is -2.43. The number of nitrogens with zero attached hydrogens (tertiary/aromatic N) is 1. The van der Waals surface area contributed by atoms with Crippen LogP contribution in [0, 0.1) is 10.1 Å². The van der Waals surface area contributed by atoms with Gasteiger partial charge < -0.3 is 14.8 Å². The zero-order chi connectivity index (χ0) is 15.4. The Morgan fingerprint density at radius 3 is 2.90 bits per heavy atom. The zero-order valence-corrected chi connectivity index (χ0v) is 12.8. The van der Waals surface area contributed by atoms with Gasteiger partial charge in [-0.2, -0.15) is 0 Å². The van der Waals surface area contributed by atoms with Gasteiger partial charge in [-0.1, -0.05) is 18.5 Å². The molecule has 1 aromatic rings. The molecule has 0 aliphatic heterocycles. The lowest BCUT2D eigenvalue weighted by Crippen LogP contribution is -2.61. The number of hydrogen-bond donors (Lipinski definition) is 1. The topological polar surface area (TPSA) is 73.6 Å². The average molecular weight is 315 g/mol. The first kappa shape index (κ1) is 16.0. The normalized spacial score (nSPS) is 24.4. The summed E-state index contributed by atoms with van der Waals surface area (Å²) in [7, 11) is 1.62. The fraction of sp³-hybridized carbons (Fsp3) is 0.571. The molecule has 1 saturated carbocycles. The third-order valence-corrected chi connectivity index (χ3v) is 3.81. The van der Waals surface area contributed by atoms with Crippen molar-refractivity contribution in [1.82, 2.24) is 5.32 Å². The van der Waals surface area contributed by atoms with Gasteiger partial charge in [-0.15, -0.1) is 0 Å². The minimum Gasteiger partial charge on any atom is -0.481 e. The summed E-state index contributed by atoms with van der Waals surface area (Å²) >= 11 is 5.89. The van der Waals surface area contributed by atoms with Crippen LogP contribution in [0.2, 0.25) is 5.02 Å². The second-order valence-corrected chi connectivity index (χ2v) is 5.46. The SMILES string of the molecule is CCCNC1CC(Oc2cc(Cl)ccc2[N+](=O)[O-])C1OC. The highest BCUT2D eigenvalue weighted by atomic mass is 35.5. The lowest BCUT2D eigenvalue weighted by atomic mass is 9.85. The minimum atomic E-state index is -0.473. The molecular weight excluding hydrogens is 296 g/mol. The van der Waals surface area contributed by atoms with Crippen LogP contribution in [0.1, 0.15) is 19.8 Å². The van der Waals surface area contributed by atoms with E-state index in [1.165, 1.54) is 18.2 Å². The zero-order valence-electron chi connectivity index (χ0n) is 12.0. The van der Waals surface area contributed by atoms with Crippen molar-refractivity contribution in [3.8, 4) is 5.75 Å². The number of rotatable bonds is 7. The van der Waals surface area contributed by atoms with Crippen molar-refractivity contribution in [2.75, 3.05) is 13.7 Å². The van der Waals surface area contributed by atoms with Crippen LogP contribution in [0.4, 0.5) is 5.69 Å². The summed E-state index contributed by atoms with van der Waals surface area (Å²) in [5.74, 6) is 0.188. The molecule has 1 aliphatic rings. The highest BCUT2D eigenvalue weighted by Crippen LogP contribution is 2.35. The maximum absolute atomic E-state index is 11.0. The number of nitro benzene ring substituents is 1. The van der Waals surface area contributed by atoms with Crippen LogP contribution in [0.25, 0.3) is 0 Å². The molecular formula is C14H19ClN2O4. The molecule has 1 aliphatic carbocycles. The van der Waals surface area contributed by atoms with E-state index in [-0.39, 0.29) is 29.7 Å². The van der Waals surface area contributed by atoms with Gasteiger partial charge in [0.05, 0.1) is 4.92 Å². The van der Waals surface area contributed by atoms with Crippen LogP contribution in [0.3, 0.4) is 0 Å². The maximum Gasteiger partial charge on any atom is 0.311 e. The van der Waals surface area contributed by atoms with Crippen molar-refractivity contribution in [2.45, 2.75) is 38.0 Å². The number of nitro groups is 1. The first-order chi connectivity index (χ1) is 10.1. The van der Waals surface area contributed by atoms with Crippen LogP contribution in [-0.2, 0) is 4.74 Å². The predicted molar refractivity (Wildman–Crippen MR) is 80.0 cm³/mol. The Kier molecular flexibility index (Phi) is 5.39. The first-order valence-corrected chi connectivity index (χ1v) is 7.31. The van der Waals surface area contributed by atoms with Crippen LogP contribution < -0.4 is 10.1 Å². The van der Waals surface area contributed by atoms with Gasteiger partial charge in [0.15, 0.2) is 5.75 Å². The Morgan fingerprint density at radius 2 is 2.29 bits per heavy atom.